The molecule has 0 unspecified atom stereocenters. The van der Waals surface area contributed by atoms with Crippen molar-refractivity contribution in [2.24, 2.45) is 4.99 Å². The van der Waals surface area contributed by atoms with Gasteiger partial charge in [-0.3, -0.25) is 4.99 Å². The molecular formula is C16H12F2N4OS. The number of fused-ring (bicyclic) bond motifs is 3. The van der Waals surface area contributed by atoms with Crippen molar-refractivity contribution in [3.8, 4) is 5.75 Å². The highest BCUT2D eigenvalue weighted by Gasteiger charge is 2.31. The standard InChI is InChI=1S/C16H12F2N4OS/c1-24-16-20-8-9-6-13(15-19-4-5-22(15)14(9)21-16)23-12-3-2-10(17)7-11(12)18/h2-3,6-8H,4-5H2,1H3. The number of rotatable bonds is 3. The van der Waals surface area contributed by atoms with Gasteiger partial charge in [-0.1, -0.05) is 11.8 Å². The van der Waals surface area contributed by atoms with Crippen molar-refractivity contribution in [2.75, 3.05) is 24.2 Å². The molecule has 2 aliphatic rings. The maximum atomic E-state index is 13.9. The predicted octanol–water partition coefficient (Wildman–Crippen LogP) is 3.13. The molecule has 2 aromatic rings. The average Bonchev–Trinajstić information content (AvgIpc) is 3.07. The van der Waals surface area contributed by atoms with Crippen molar-refractivity contribution in [2.45, 2.75) is 5.16 Å². The Morgan fingerprint density at radius 1 is 1.29 bits per heavy atom. The lowest BCUT2D eigenvalue weighted by Gasteiger charge is -2.26. The van der Waals surface area contributed by atoms with E-state index in [2.05, 4.69) is 15.0 Å². The van der Waals surface area contributed by atoms with Crippen LogP contribution in [0, 0.1) is 11.6 Å². The van der Waals surface area contributed by atoms with Crippen LogP contribution in [0.25, 0.3) is 6.08 Å². The number of thioether (sulfide) groups is 1. The van der Waals surface area contributed by atoms with Gasteiger partial charge in [0.25, 0.3) is 0 Å². The molecule has 0 N–H and O–H groups in total. The maximum absolute atomic E-state index is 13.9. The van der Waals surface area contributed by atoms with Crippen molar-refractivity contribution in [3.05, 3.63) is 47.4 Å². The third-order valence-electron chi connectivity index (χ3n) is 3.67. The number of amidine groups is 1. The van der Waals surface area contributed by atoms with E-state index in [0.717, 1.165) is 23.5 Å². The summed E-state index contributed by atoms with van der Waals surface area (Å²) in [5.41, 5.74) is 0.770. The summed E-state index contributed by atoms with van der Waals surface area (Å²) in [6, 6.07) is 3.20. The van der Waals surface area contributed by atoms with Crippen LogP contribution in [0.15, 0.2) is 40.3 Å². The fraction of sp³-hybridized carbons (Fsp3) is 0.188. The molecule has 0 fully saturated rings. The van der Waals surface area contributed by atoms with Crippen LogP contribution in [0.3, 0.4) is 0 Å². The van der Waals surface area contributed by atoms with Gasteiger partial charge in [0.05, 0.1) is 6.54 Å². The van der Waals surface area contributed by atoms with Gasteiger partial charge in [-0.2, -0.15) is 0 Å². The highest BCUT2D eigenvalue weighted by molar-refractivity contribution is 7.98. The first-order valence-electron chi connectivity index (χ1n) is 7.23. The lowest BCUT2D eigenvalue weighted by molar-refractivity contribution is 0.418. The molecule has 0 atom stereocenters. The fourth-order valence-corrected chi connectivity index (χ4v) is 2.94. The SMILES string of the molecule is CSc1ncc2c(n1)N1CCN=C1C(Oc1ccc(F)cc1F)=C2. The second-order valence-corrected chi connectivity index (χ2v) is 5.95. The molecule has 1 aromatic heterocycles. The molecule has 0 amide bonds. The van der Waals surface area contributed by atoms with Crippen molar-refractivity contribution < 1.29 is 13.5 Å². The Bertz CT molecular complexity index is 884. The van der Waals surface area contributed by atoms with E-state index in [1.807, 2.05) is 11.2 Å². The van der Waals surface area contributed by atoms with Gasteiger partial charge < -0.3 is 9.64 Å². The molecule has 0 saturated heterocycles. The van der Waals surface area contributed by atoms with Crippen LogP contribution in [-0.2, 0) is 0 Å². The molecule has 8 heteroatoms. The average molecular weight is 346 g/mol. The number of aromatic nitrogens is 2. The quantitative estimate of drug-likeness (QED) is 0.631. The number of ether oxygens (including phenoxy) is 1. The molecule has 24 heavy (non-hydrogen) atoms. The van der Waals surface area contributed by atoms with Crippen LogP contribution in [0.5, 0.6) is 5.75 Å². The van der Waals surface area contributed by atoms with E-state index in [0.29, 0.717) is 29.8 Å². The molecule has 0 saturated carbocycles. The molecule has 0 bridgehead atoms. The first kappa shape index (κ1) is 15.1. The number of anilines is 1. The zero-order valence-corrected chi connectivity index (χ0v) is 13.5. The van der Waals surface area contributed by atoms with Gasteiger partial charge in [-0.25, -0.2) is 18.7 Å². The highest BCUT2D eigenvalue weighted by atomic mass is 32.2. The van der Waals surface area contributed by atoms with Crippen molar-refractivity contribution in [3.63, 3.8) is 0 Å². The van der Waals surface area contributed by atoms with Gasteiger partial charge in [0.15, 0.2) is 28.3 Å². The van der Waals surface area contributed by atoms with E-state index in [4.69, 9.17) is 4.74 Å². The third kappa shape index (κ3) is 2.52. The van der Waals surface area contributed by atoms with Gasteiger partial charge in [0, 0.05) is 24.4 Å². The molecular weight excluding hydrogens is 334 g/mol. The van der Waals surface area contributed by atoms with E-state index in [-0.39, 0.29) is 5.75 Å². The number of hydrogen-bond donors (Lipinski definition) is 0. The highest BCUT2D eigenvalue weighted by Crippen LogP contribution is 2.33. The zero-order valence-electron chi connectivity index (χ0n) is 12.7. The first-order chi connectivity index (χ1) is 11.7. The van der Waals surface area contributed by atoms with Gasteiger partial charge >= 0.3 is 0 Å². The minimum atomic E-state index is -0.763. The van der Waals surface area contributed by atoms with E-state index in [1.165, 1.54) is 17.8 Å². The maximum Gasteiger partial charge on any atom is 0.189 e. The van der Waals surface area contributed by atoms with Crippen molar-refractivity contribution >= 4 is 29.5 Å². The van der Waals surface area contributed by atoms with Crippen LogP contribution in [0.2, 0.25) is 0 Å². The lowest BCUT2D eigenvalue weighted by atomic mass is 10.1. The van der Waals surface area contributed by atoms with Crippen LogP contribution in [-0.4, -0.2) is 35.1 Å². The van der Waals surface area contributed by atoms with Crippen LogP contribution in [0.4, 0.5) is 14.6 Å². The molecule has 4 rings (SSSR count). The Kier molecular flexibility index (Phi) is 3.68. The summed E-state index contributed by atoms with van der Waals surface area (Å²) >= 11 is 1.46. The number of halogens is 2. The minimum absolute atomic E-state index is 0.0534. The van der Waals surface area contributed by atoms with Crippen LogP contribution in [0.1, 0.15) is 5.56 Å². The minimum Gasteiger partial charge on any atom is -0.450 e. The molecule has 3 heterocycles. The summed E-state index contributed by atoms with van der Waals surface area (Å²) < 4.78 is 32.6. The second-order valence-electron chi connectivity index (χ2n) is 5.18. The normalized spacial score (nSPS) is 15.5. The molecule has 0 radical (unpaired) electrons. The largest absolute Gasteiger partial charge is 0.450 e. The fourth-order valence-electron chi connectivity index (χ4n) is 2.60. The van der Waals surface area contributed by atoms with Gasteiger partial charge in [0.2, 0.25) is 0 Å². The summed E-state index contributed by atoms with van der Waals surface area (Å²) in [5.74, 6) is 0.282. The molecule has 1 aromatic carbocycles. The van der Waals surface area contributed by atoms with Crippen LogP contribution >= 0.6 is 11.8 Å². The lowest BCUT2D eigenvalue weighted by Crippen LogP contribution is -2.34. The number of benzene rings is 1. The van der Waals surface area contributed by atoms with E-state index < -0.39 is 11.6 Å². The Morgan fingerprint density at radius 2 is 2.17 bits per heavy atom. The summed E-state index contributed by atoms with van der Waals surface area (Å²) in [5, 5.41) is 0.669. The number of aliphatic imine (C=N–C) groups is 1. The molecule has 122 valence electrons. The molecule has 0 spiro atoms. The van der Waals surface area contributed by atoms with Crippen molar-refractivity contribution in [1.82, 2.24) is 9.97 Å². The summed E-state index contributed by atoms with van der Waals surface area (Å²) in [6.45, 7) is 1.26. The van der Waals surface area contributed by atoms with E-state index in [1.54, 1.807) is 12.3 Å². The van der Waals surface area contributed by atoms with Gasteiger partial charge in [0.1, 0.15) is 11.6 Å². The Balaban J connectivity index is 1.75. The van der Waals surface area contributed by atoms with E-state index in [9.17, 15) is 8.78 Å². The Labute approximate surface area is 141 Å². The predicted molar refractivity (Wildman–Crippen MR) is 88.4 cm³/mol. The van der Waals surface area contributed by atoms with E-state index >= 15 is 0 Å². The number of hydrogen-bond acceptors (Lipinski definition) is 6. The molecule has 5 nitrogen and oxygen atoms in total. The van der Waals surface area contributed by atoms with Crippen molar-refractivity contribution in [1.29, 1.82) is 0 Å². The summed E-state index contributed by atoms with van der Waals surface area (Å²) in [7, 11) is 0. The second kappa shape index (κ2) is 5.86. The monoisotopic (exact) mass is 346 g/mol. The molecule has 2 aliphatic heterocycles. The topological polar surface area (TPSA) is 50.6 Å². The third-order valence-corrected chi connectivity index (χ3v) is 4.24. The summed E-state index contributed by atoms with van der Waals surface area (Å²) in [6.07, 6.45) is 5.34. The van der Waals surface area contributed by atoms with Gasteiger partial charge in [-0.05, 0) is 24.5 Å². The Hall–Kier alpha value is -2.48. The smallest absolute Gasteiger partial charge is 0.189 e. The summed E-state index contributed by atoms with van der Waals surface area (Å²) in [4.78, 5) is 15.1. The first-order valence-corrected chi connectivity index (χ1v) is 8.46. The molecule has 0 aliphatic carbocycles. The Morgan fingerprint density at radius 3 is 2.96 bits per heavy atom. The van der Waals surface area contributed by atoms with Gasteiger partial charge in [-0.15, -0.1) is 0 Å². The number of nitrogens with zero attached hydrogens (tertiary/aromatic N) is 4. The van der Waals surface area contributed by atoms with Crippen LogP contribution < -0.4 is 9.64 Å². The zero-order chi connectivity index (χ0) is 16.7.